The Morgan fingerprint density at radius 2 is 1.62 bits per heavy atom. The van der Waals surface area contributed by atoms with Crippen molar-refractivity contribution in [3.63, 3.8) is 0 Å². The fourth-order valence-electron chi connectivity index (χ4n) is 5.97. The quantitative estimate of drug-likeness (QED) is 0.741. The Labute approximate surface area is 174 Å². The summed E-state index contributed by atoms with van der Waals surface area (Å²) >= 11 is 0. The maximum Gasteiger partial charge on any atom is 0.225 e. The first-order valence-corrected chi connectivity index (χ1v) is 12.1. The molecule has 2 aliphatic carbocycles. The highest BCUT2D eigenvalue weighted by molar-refractivity contribution is 5.79. The van der Waals surface area contributed by atoms with Crippen LogP contribution < -0.4 is 10.8 Å². The smallest absolute Gasteiger partial charge is 0.225 e. The summed E-state index contributed by atoms with van der Waals surface area (Å²) in [4.78, 5) is 23.3. The van der Waals surface area contributed by atoms with Gasteiger partial charge in [-0.1, -0.05) is 12.8 Å². The molecule has 7 nitrogen and oxygen atoms in total. The number of nitrogens with zero attached hydrogens (tertiary/aromatic N) is 2. The summed E-state index contributed by atoms with van der Waals surface area (Å²) < 4.78 is 5.53. The number of hydrogen-bond acceptors (Lipinski definition) is 6. The van der Waals surface area contributed by atoms with Crippen LogP contribution in [-0.4, -0.2) is 73.5 Å². The zero-order chi connectivity index (χ0) is 19.6. The van der Waals surface area contributed by atoms with Crippen molar-refractivity contribution in [1.29, 1.82) is 0 Å². The van der Waals surface area contributed by atoms with E-state index in [1.165, 1.54) is 32.1 Å². The van der Waals surface area contributed by atoms with Crippen LogP contribution in [0.2, 0.25) is 0 Å². The lowest BCUT2D eigenvalue weighted by Gasteiger charge is -2.40. The number of hydrogen-bond donors (Lipinski definition) is 2. The summed E-state index contributed by atoms with van der Waals surface area (Å²) in [6.45, 7) is 5.74. The van der Waals surface area contributed by atoms with Gasteiger partial charge in [-0.3, -0.25) is 19.8 Å². The van der Waals surface area contributed by atoms with Gasteiger partial charge >= 0.3 is 0 Å². The van der Waals surface area contributed by atoms with Crippen molar-refractivity contribution in [2.24, 2.45) is 17.8 Å². The standard InChI is InChI=1S/C22H38N4O3/c27-22(17-3-1-4-17)26-9-7-16(8-10-26)20-23-21(29-24-20)18-5-2-6-19(15-18)25-11-13-28-14-12-25/h16-21,23-24H,1-15H2. The molecule has 2 saturated carbocycles. The molecule has 0 radical (unpaired) electrons. The lowest BCUT2D eigenvalue weighted by molar-refractivity contribution is -0.139. The molecule has 3 aliphatic heterocycles. The zero-order valence-corrected chi connectivity index (χ0v) is 17.7. The normalized spacial score (nSPS) is 38.1. The van der Waals surface area contributed by atoms with Crippen molar-refractivity contribution < 1.29 is 14.4 Å². The fourth-order valence-corrected chi connectivity index (χ4v) is 5.97. The Morgan fingerprint density at radius 3 is 2.34 bits per heavy atom. The molecule has 5 fully saturated rings. The van der Waals surface area contributed by atoms with Gasteiger partial charge in [0.2, 0.25) is 5.91 Å². The maximum absolute atomic E-state index is 12.5. The van der Waals surface area contributed by atoms with E-state index in [-0.39, 0.29) is 12.4 Å². The number of hydroxylamine groups is 1. The molecule has 4 unspecified atom stereocenters. The van der Waals surface area contributed by atoms with Crippen LogP contribution in [0.1, 0.15) is 57.8 Å². The van der Waals surface area contributed by atoms with Crippen molar-refractivity contribution >= 4 is 5.91 Å². The molecule has 0 bridgehead atoms. The molecule has 4 atom stereocenters. The number of morpholine rings is 1. The van der Waals surface area contributed by atoms with E-state index in [0.717, 1.165) is 65.1 Å². The maximum atomic E-state index is 12.5. The fraction of sp³-hybridized carbons (Fsp3) is 0.955. The average Bonchev–Trinajstić information content (AvgIpc) is 3.24. The number of piperidine rings is 1. The van der Waals surface area contributed by atoms with Gasteiger partial charge < -0.3 is 9.64 Å². The van der Waals surface area contributed by atoms with Crippen molar-refractivity contribution in [3.05, 3.63) is 0 Å². The van der Waals surface area contributed by atoms with E-state index in [2.05, 4.69) is 20.6 Å². The third-order valence-electron chi connectivity index (χ3n) is 8.12. The zero-order valence-electron chi connectivity index (χ0n) is 17.7. The number of carbonyl (C=O) groups is 1. The molecule has 7 heteroatoms. The van der Waals surface area contributed by atoms with Gasteiger partial charge in [-0.15, -0.1) is 0 Å². The van der Waals surface area contributed by atoms with Crippen LogP contribution in [0, 0.1) is 17.8 Å². The second-order valence-corrected chi connectivity index (χ2v) is 9.82. The summed E-state index contributed by atoms with van der Waals surface area (Å²) in [5.74, 6) is 1.86. The highest BCUT2D eigenvalue weighted by atomic mass is 16.7. The van der Waals surface area contributed by atoms with Gasteiger partial charge in [-0.25, -0.2) is 0 Å². The molecule has 0 aromatic carbocycles. The van der Waals surface area contributed by atoms with Crippen LogP contribution >= 0.6 is 0 Å². The monoisotopic (exact) mass is 406 g/mol. The van der Waals surface area contributed by atoms with Crippen LogP contribution in [0.25, 0.3) is 0 Å². The first-order chi connectivity index (χ1) is 14.3. The molecule has 3 heterocycles. The van der Waals surface area contributed by atoms with Crippen molar-refractivity contribution in [2.75, 3.05) is 39.4 Å². The predicted octanol–water partition coefficient (Wildman–Crippen LogP) is 1.69. The minimum atomic E-state index is 0.124. The summed E-state index contributed by atoms with van der Waals surface area (Å²) in [7, 11) is 0. The molecule has 1 amide bonds. The van der Waals surface area contributed by atoms with E-state index >= 15 is 0 Å². The van der Waals surface area contributed by atoms with Crippen molar-refractivity contribution in [2.45, 2.75) is 76.2 Å². The Morgan fingerprint density at radius 1 is 0.862 bits per heavy atom. The molecule has 5 aliphatic rings. The van der Waals surface area contributed by atoms with Gasteiger partial charge in [0, 0.05) is 44.1 Å². The van der Waals surface area contributed by atoms with E-state index in [4.69, 9.17) is 9.57 Å². The second kappa shape index (κ2) is 9.18. The predicted molar refractivity (Wildman–Crippen MR) is 110 cm³/mol. The van der Waals surface area contributed by atoms with Crippen LogP contribution in [0.3, 0.4) is 0 Å². The van der Waals surface area contributed by atoms with Gasteiger partial charge in [-0.05, 0) is 50.9 Å². The number of carbonyl (C=O) groups excluding carboxylic acids is 1. The van der Waals surface area contributed by atoms with Crippen LogP contribution in [0.4, 0.5) is 0 Å². The number of likely N-dealkylation sites (tertiary alicyclic amines) is 1. The van der Waals surface area contributed by atoms with Crippen molar-refractivity contribution in [1.82, 2.24) is 20.6 Å². The van der Waals surface area contributed by atoms with Crippen LogP contribution in [-0.2, 0) is 14.4 Å². The number of amides is 1. The summed E-state index contributed by atoms with van der Waals surface area (Å²) in [5.41, 5.74) is 3.31. The largest absolute Gasteiger partial charge is 0.379 e. The molecule has 29 heavy (non-hydrogen) atoms. The molecular weight excluding hydrogens is 368 g/mol. The number of nitrogens with one attached hydrogen (secondary N) is 2. The summed E-state index contributed by atoms with van der Waals surface area (Å²) in [6.07, 6.45) is 11.0. The van der Waals surface area contributed by atoms with Gasteiger partial charge in [0.05, 0.1) is 19.4 Å². The molecule has 3 saturated heterocycles. The van der Waals surface area contributed by atoms with Gasteiger partial charge in [0.25, 0.3) is 0 Å². The summed E-state index contributed by atoms with van der Waals surface area (Å²) in [5, 5.41) is 3.76. The lowest BCUT2D eigenvalue weighted by Crippen LogP contribution is -2.50. The average molecular weight is 407 g/mol. The lowest BCUT2D eigenvalue weighted by atomic mass is 9.83. The Balaban J connectivity index is 1.08. The number of ether oxygens (including phenoxy) is 1. The van der Waals surface area contributed by atoms with E-state index in [1.54, 1.807) is 0 Å². The molecule has 0 aromatic rings. The Hall–Kier alpha value is -0.730. The highest BCUT2D eigenvalue weighted by Gasteiger charge is 2.40. The second-order valence-electron chi connectivity index (χ2n) is 9.82. The minimum Gasteiger partial charge on any atom is -0.379 e. The molecular formula is C22H38N4O3. The third kappa shape index (κ3) is 4.49. The van der Waals surface area contributed by atoms with E-state index in [1.807, 2.05) is 0 Å². The van der Waals surface area contributed by atoms with E-state index in [0.29, 0.717) is 29.7 Å². The molecule has 2 N–H and O–H groups in total. The molecule has 0 spiro atoms. The SMILES string of the molecule is O=C(C1CCC1)N1CCC(C2NOC(C3CCCC(N4CCOCC4)C3)N2)CC1. The van der Waals surface area contributed by atoms with Gasteiger partial charge in [0.1, 0.15) is 6.23 Å². The summed E-state index contributed by atoms with van der Waals surface area (Å²) in [6, 6.07) is 0.683. The van der Waals surface area contributed by atoms with Gasteiger partial charge in [0.15, 0.2) is 0 Å². The Kier molecular flexibility index (Phi) is 6.39. The third-order valence-corrected chi connectivity index (χ3v) is 8.12. The first kappa shape index (κ1) is 20.2. The Bertz CT molecular complexity index is 558. The molecule has 164 valence electrons. The van der Waals surface area contributed by atoms with E-state index < -0.39 is 0 Å². The first-order valence-electron chi connectivity index (χ1n) is 12.1. The van der Waals surface area contributed by atoms with Crippen molar-refractivity contribution in [3.8, 4) is 0 Å². The molecule has 5 rings (SSSR count). The number of rotatable bonds is 4. The molecule has 0 aromatic heterocycles. The van der Waals surface area contributed by atoms with Crippen LogP contribution in [0.15, 0.2) is 0 Å². The minimum absolute atomic E-state index is 0.124. The van der Waals surface area contributed by atoms with Gasteiger partial charge in [-0.2, -0.15) is 5.48 Å². The van der Waals surface area contributed by atoms with Crippen LogP contribution in [0.5, 0.6) is 0 Å². The van der Waals surface area contributed by atoms with E-state index in [9.17, 15) is 4.79 Å². The topological polar surface area (TPSA) is 66.1 Å². The highest BCUT2D eigenvalue weighted by Crippen LogP contribution is 2.34.